The molecule has 1 fully saturated rings. The van der Waals surface area contributed by atoms with Gasteiger partial charge >= 0.3 is 0 Å². The molecule has 1 atom stereocenters. The van der Waals surface area contributed by atoms with E-state index in [-0.39, 0.29) is 35.9 Å². The van der Waals surface area contributed by atoms with Crippen LogP contribution >= 0.6 is 0 Å². The zero-order valence-electron chi connectivity index (χ0n) is 10.8. The molecule has 1 aliphatic heterocycles. The van der Waals surface area contributed by atoms with E-state index in [9.17, 15) is 13.2 Å². The summed E-state index contributed by atoms with van der Waals surface area (Å²) in [7, 11) is -2.96. The number of hydrogen-bond donors (Lipinski definition) is 1. The van der Waals surface area contributed by atoms with Crippen LogP contribution in [0, 0.1) is 0 Å². The maximum Gasteiger partial charge on any atom is 0.224 e. The van der Waals surface area contributed by atoms with Gasteiger partial charge in [-0.05, 0) is 20.8 Å². The second-order valence-corrected chi connectivity index (χ2v) is 6.97. The Morgan fingerprint density at radius 1 is 1.47 bits per heavy atom. The first kappa shape index (κ1) is 14.4. The van der Waals surface area contributed by atoms with Crippen LogP contribution in [0.25, 0.3) is 0 Å². The van der Waals surface area contributed by atoms with Crippen molar-refractivity contribution in [3.63, 3.8) is 0 Å². The van der Waals surface area contributed by atoms with Crippen LogP contribution in [0.5, 0.6) is 0 Å². The second-order valence-electron chi connectivity index (χ2n) is 4.74. The Morgan fingerprint density at radius 3 is 2.59 bits per heavy atom. The molecule has 5 nitrogen and oxygen atoms in total. The predicted molar refractivity (Wildman–Crippen MR) is 67.6 cm³/mol. The van der Waals surface area contributed by atoms with Crippen molar-refractivity contribution in [2.75, 3.05) is 24.6 Å². The quantitative estimate of drug-likeness (QED) is 0.775. The summed E-state index contributed by atoms with van der Waals surface area (Å²) in [6, 6.07) is -0.0678. The van der Waals surface area contributed by atoms with Crippen LogP contribution in [0.3, 0.4) is 0 Å². The van der Waals surface area contributed by atoms with Gasteiger partial charge in [0.1, 0.15) is 0 Å². The molecule has 1 heterocycles. The lowest BCUT2D eigenvalue weighted by Crippen LogP contribution is -2.48. The maximum absolute atomic E-state index is 12.0. The molecule has 1 unspecified atom stereocenters. The van der Waals surface area contributed by atoms with Crippen LogP contribution in [-0.2, 0) is 14.6 Å². The fraction of sp³-hybridized carbons (Fsp3) is 0.909. The molecule has 100 valence electrons. The molecule has 0 aromatic carbocycles. The monoisotopic (exact) mass is 262 g/mol. The first-order valence-corrected chi connectivity index (χ1v) is 7.91. The van der Waals surface area contributed by atoms with Crippen molar-refractivity contribution in [2.24, 2.45) is 0 Å². The molecule has 0 aromatic heterocycles. The zero-order valence-corrected chi connectivity index (χ0v) is 11.6. The van der Waals surface area contributed by atoms with E-state index < -0.39 is 9.84 Å². The summed E-state index contributed by atoms with van der Waals surface area (Å²) < 4.78 is 22.9. The number of carbonyl (C=O) groups excluding carboxylic acids is 1. The number of carbonyl (C=O) groups is 1. The van der Waals surface area contributed by atoms with Gasteiger partial charge in [0.2, 0.25) is 5.91 Å². The van der Waals surface area contributed by atoms with E-state index in [2.05, 4.69) is 5.32 Å². The Balaban J connectivity index is 2.56. The van der Waals surface area contributed by atoms with Gasteiger partial charge in [-0.2, -0.15) is 0 Å². The molecular weight excluding hydrogens is 240 g/mol. The zero-order chi connectivity index (χ0) is 13.1. The third-order valence-corrected chi connectivity index (χ3v) is 4.74. The largest absolute Gasteiger partial charge is 0.341 e. The lowest BCUT2D eigenvalue weighted by molar-refractivity contribution is -0.133. The first-order chi connectivity index (χ1) is 7.85. The summed E-state index contributed by atoms with van der Waals surface area (Å²) in [5.74, 6) is 0.283. The first-order valence-electron chi connectivity index (χ1n) is 6.09. The Kier molecular flexibility index (Phi) is 4.94. The van der Waals surface area contributed by atoms with Crippen molar-refractivity contribution < 1.29 is 13.2 Å². The second kappa shape index (κ2) is 5.82. The highest BCUT2D eigenvalue weighted by Gasteiger charge is 2.27. The topological polar surface area (TPSA) is 66.5 Å². The van der Waals surface area contributed by atoms with Crippen molar-refractivity contribution in [1.29, 1.82) is 0 Å². The molecule has 0 aliphatic carbocycles. The van der Waals surface area contributed by atoms with Gasteiger partial charge in [0, 0.05) is 31.6 Å². The fourth-order valence-corrected chi connectivity index (χ4v) is 3.60. The molecule has 1 rings (SSSR count). The van der Waals surface area contributed by atoms with E-state index in [1.807, 2.05) is 20.8 Å². The highest BCUT2D eigenvalue weighted by molar-refractivity contribution is 7.91. The van der Waals surface area contributed by atoms with Gasteiger partial charge in [-0.3, -0.25) is 4.79 Å². The van der Waals surface area contributed by atoms with Crippen LogP contribution in [-0.4, -0.2) is 55.9 Å². The molecule has 17 heavy (non-hydrogen) atoms. The van der Waals surface area contributed by atoms with Gasteiger partial charge in [0.15, 0.2) is 9.84 Å². The van der Waals surface area contributed by atoms with Crippen LogP contribution in [0.1, 0.15) is 27.2 Å². The molecule has 1 N–H and O–H groups in total. The van der Waals surface area contributed by atoms with Crippen LogP contribution in [0.4, 0.5) is 0 Å². The number of hydrogen-bond acceptors (Lipinski definition) is 4. The molecule has 0 aromatic rings. The van der Waals surface area contributed by atoms with E-state index in [4.69, 9.17) is 0 Å². The summed E-state index contributed by atoms with van der Waals surface area (Å²) in [4.78, 5) is 13.8. The molecule has 1 saturated heterocycles. The van der Waals surface area contributed by atoms with Crippen LogP contribution in [0.15, 0.2) is 0 Å². The summed E-state index contributed by atoms with van der Waals surface area (Å²) >= 11 is 0. The minimum absolute atomic E-state index is 0.0251. The van der Waals surface area contributed by atoms with E-state index in [1.165, 1.54) is 0 Å². The van der Waals surface area contributed by atoms with Crippen LogP contribution < -0.4 is 5.32 Å². The summed E-state index contributed by atoms with van der Waals surface area (Å²) in [6.45, 7) is 6.98. The smallest absolute Gasteiger partial charge is 0.224 e. The minimum Gasteiger partial charge on any atom is -0.341 e. The van der Waals surface area contributed by atoms with E-state index in [0.29, 0.717) is 13.1 Å². The number of nitrogens with one attached hydrogen (secondary N) is 1. The van der Waals surface area contributed by atoms with Crippen molar-refractivity contribution >= 4 is 15.7 Å². The molecule has 0 bridgehead atoms. The molecule has 0 saturated carbocycles. The lowest BCUT2D eigenvalue weighted by atomic mass is 10.2. The summed E-state index contributed by atoms with van der Waals surface area (Å²) in [6.07, 6.45) is 0.269. The number of rotatable bonds is 4. The predicted octanol–water partition coefficient (Wildman–Crippen LogP) is 0.0200. The molecule has 6 heteroatoms. The molecule has 1 aliphatic rings. The Morgan fingerprint density at radius 2 is 2.12 bits per heavy atom. The van der Waals surface area contributed by atoms with Crippen molar-refractivity contribution in [3.05, 3.63) is 0 Å². The van der Waals surface area contributed by atoms with Gasteiger partial charge < -0.3 is 10.2 Å². The van der Waals surface area contributed by atoms with Gasteiger partial charge in [-0.15, -0.1) is 0 Å². The SMILES string of the molecule is CCN(C(=O)CC1CS(=O)(=O)CCN1)C(C)C. The Labute approximate surface area is 103 Å². The number of sulfone groups is 1. The van der Waals surface area contributed by atoms with Gasteiger partial charge in [0.05, 0.1) is 11.5 Å². The van der Waals surface area contributed by atoms with Crippen molar-refractivity contribution in [3.8, 4) is 0 Å². The average Bonchev–Trinajstić information content (AvgIpc) is 2.15. The van der Waals surface area contributed by atoms with Crippen molar-refractivity contribution in [2.45, 2.75) is 39.3 Å². The molecule has 1 amide bonds. The van der Waals surface area contributed by atoms with E-state index >= 15 is 0 Å². The minimum atomic E-state index is -2.96. The van der Waals surface area contributed by atoms with E-state index in [1.54, 1.807) is 4.90 Å². The summed E-state index contributed by atoms with van der Waals surface area (Å²) in [5.41, 5.74) is 0. The van der Waals surface area contributed by atoms with Gasteiger partial charge in [-0.25, -0.2) is 8.42 Å². The van der Waals surface area contributed by atoms with Gasteiger partial charge in [-0.1, -0.05) is 0 Å². The lowest BCUT2D eigenvalue weighted by Gasteiger charge is -2.29. The average molecular weight is 262 g/mol. The molecule has 0 radical (unpaired) electrons. The maximum atomic E-state index is 12.0. The van der Waals surface area contributed by atoms with Gasteiger partial charge in [0.25, 0.3) is 0 Å². The molecule has 0 spiro atoms. The third-order valence-electron chi connectivity index (χ3n) is 3.01. The highest BCUT2D eigenvalue weighted by Crippen LogP contribution is 2.09. The van der Waals surface area contributed by atoms with E-state index in [0.717, 1.165) is 0 Å². The Bertz CT molecular complexity index is 365. The fourth-order valence-electron chi connectivity index (χ4n) is 2.16. The standard InChI is InChI=1S/C11H22N2O3S/c1-4-13(9(2)3)11(14)7-10-8-17(15,16)6-5-12-10/h9-10,12H,4-8H2,1-3H3. The number of amides is 1. The van der Waals surface area contributed by atoms with Crippen LogP contribution in [0.2, 0.25) is 0 Å². The van der Waals surface area contributed by atoms with Crippen molar-refractivity contribution in [1.82, 2.24) is 10.2 Å². The Hall–Kier alpha value is -0.620. The normalized spacial score (nSPS) is 23.6. The third kappa shape index (κ3) is 4.27. The molecular formula is C11H22N2O3S. The summed E-state index contributed by atoms with van der Waals surface area (Å²) in [5, 5.41) is 3.10. The highest BCUT2D eigenvalue weighted by atomic mass is 32.2. The number of nitrogens with zero attached hydrogens (tertiary/aromatic N) is 1.